The molecule has 0 aliphatic carbocycles. The summed E-state index contributed by atoms with van der Waals surface area (Å²) in [5, 5.41) is 3.29. The Morgan fingerprint density at radius 1 is 1.56 bits per heavy atom. The highest BCUT2D eigenvalue weighted by Crippen LogP contribution is 2.17. The summed E-state index contributed by atoms with van der Waals surface area (Å²) in [7, 11) is 1.98. The molecular weight excluding hydrogens is 299 g/mol. The maximum absolute atomic E-state index is 13.6. The van der Waals surface area contributed by atoms with Crippen LogP contribution >= 0.6 is 15.9 Å². The lowest BCUT2D eigenvalue weighted by molar-refractivity contribution is 0.00870. The van der Waals surface area contributed by atoms with Gasteiger partial charge in [-0.2, -0.15) is 0 Å². The van der Waals surface area contributed by atoms with Crippen LogP contribution in [0.5, 0.6) is 0 Å². The van der Waals surface area contributed by atoms with Gasteiger partial charge in [-0.25, -0.2) is 4.39 Å². The molecule has 1 heterocycles. The summed E-state index contributed by atoms with van der Waals surface area (Å²) in [5.41, 5.74) is 0.704. The predicted molar refractivity (Wildman–Crippen MR) is 73.0 cm³/mol. The molecule has 0 aromatic heterocycles. The highest BCUT2D eigenvalue weighted by molar-refractivity contribution is 9.10. The van der Waals surface area contributed by atoms with Crippen molar-refractivity contribution in [3.63, 3.8) is 0 Å². The predicted octanol–water partition coefficient (Wildman–Crippen LogP) is 2.01. The van der Waals surface area contributed by atoms with Gasteiger partial charge >= 0.3 is 0 Å². The Bertz CT molecular complexity index is 397. The Labute approximate surface area is 115 Å². The van der Waals surface area contributed by atoms with E-state index in [-0.39, 0.29) is 11.9 Å². The van der Waals surface area contributed by atoms with E-state index in [9.17, 15) is 4.39 Å². The third kappa shape index (κ3) is 4.02. The summed E-state index contributed by atoms with van der Waals surface area (Å²) in [6, 6.07) is 5.03. The number of ether oxygens (including phenoxy) is 1. The number of nitrogens with zero attached hydrogens (tertiary/aromatic N) is 1. The number of halogens is 2. The van der Waals surface area contributed by atoms with Crippen LogP contribution in [-0.2, 0) is 11.3 Å². The summed E-state index contributed by atoms with van der Waals surface area (Å²) < 4.78 is 20.2. The minimum Gasteiger partial charge on any atom is -0.374 e. The summed E-state index contributed by atoms with van der Waals surface area (Å²) in [6.07, 6.45) is 0.193. The fraction of sp³-hybridized carbons (Fsp3) is 0.538. The molecule has 1 aromatic rings. The van der Waals surface area contributed by atoms with Gasteiger partial charge in [0.15, 0.2) is 0 Å². The maximum atomic E-state index is 13.6. The van der Waals surface area contributed by atoms with Crippen LogP contribution in [0.25, 0.3) is 0 Å². The first kappa shape index (κ1) is 13.9. The third-order valence-electron chi connectivity index (χ3n) is 2.97. The lowest BCUT2D eigenvalue weighted by atomic mass is 10.2. The first-order chi connectivity index (χ1) is 8.65. The molecule has 5 heteroatoms. The number of nitrogens with one attached hydrogen (secondary N) is 1. The molecule has 1 fully saturated rings. The van der Waals surface area contributed by atoms with Gasteiger partial charge in [-0.15, -0.1) is 0 Å². The standard InChI is InChI=1S/C13H18BrFN2O/c1-17(9-12-7-16-4-5-18-12)8-10-6-11(14)2-3-13(10)15/h2-3,6,12,16H,4-5,7-9H2,1H3. The van der Waals surface area contributed by atoms with Crippen LogP contribution < -0.4 is 5.32 Å². The normalized spacial score (nSPS) is 20.3. The SMILES string of the molecule is CN(Cc1cc(Br)ccc1F)CC1CNCCO1. The molecule has 100 valence electrons. The van der Waals surface area contributed by atoms with E-state index < -0.39 is 0 Å². The molecule has 1 N–H and O–H groups in total. The molecule has 0 spiro atoms. The van der Waals surface area contributed by atoms with E-state index in [1.165, 1.54) is 6.07 Å². The van der Waals surface area contributed by atoms with Gasteiger partial charge in [0.1, 0.15) is 5.82 Å². The number of hydrogen-bond donors (Lipinski definition) is 1. The Morgan fingerprint density at radius 2 is 2.39 bits per heavy atom. The lowest BCUT2D eigenvalue weighted by Gasteiger charge is -2.28. The second kappa shape index (κ2) is 6.61. The smallest absolute Gasteiger partial charge is 0.127 e. The lowest BCUT2D eigenvalue weighted by Crippen LogP contribution is -2.44. The van der Waals surface area contributed by atoms with Crippen molar-refractivity contribution >= 4 is 15.9 Å². The number of morpholine rings is 1. The first-order valence-corrected chi connectivity index (χ1v) is 6.89. The van der Waals surface area contributed by atoms with Crippen LogP contribution in [0, 0.1) is 5.82 Å². The van der Waals surface area contributed by atoms with Crippen LogP contribution in [-0.4, -0.2) is 44.3 Å². The van der Waals surface area contributed by atoms with Crippen LogP contribution in [0.2, 0.25) is 0 Å². The monoisotopic (exact) mass is 316 g/mol. The van der Waals surface area contributed by atoms with Crippen molar-refractivity contribution in [3.05, 3.63) is 34.1 Å². The van der Waals surface area contributed by atoms with E-state index in [0.717, 1.165) is 30.7 Å². The molecule has 1 aliphatic rings. The van der Waals surface area contributed by atoms with E-state index in [0.29, 0.717) is 12.1 Å². The van der Waals surface area contributed by atoms with Crippen LogP contribution in [0.3, 0.4) is 0 Å². The molecule has 1 aliphatic heterocycles. The number of likely N-dealkylation sites (N-methyl/N-ethyl adjacent to an activating group) is 1. The van der Waals surface area contributed by atoms with Crippen molar-refractivity contribution in [1.29, 1.82) is 0 Å². The van der Waals surface area contributed by atoms with Crippen LogP contribution in [0.4, 0.5) is 4.39 Å². The Kier molecular flexibility index (Phi) is 5.12. The second-order valence-corrected chi connectivity index (χ2v) is 5.55. The fourth-order valence-electron chi connectivity index (χ4n) is 2.10. The van der Waals surface area contributed by atoms with Gasteiger partial charge in [0.2, 0.25) is 0 Å². The average molecular weight is 317 g/mol. The van der Waals surface area contributed by atoms with Gasteiger partial charge < -0.3 is 10.1 Å². The van der Waals surface area contributed by atoms with Crippen molar-refractivity contribution < 1.29 is 9.13 Å². The molecule has 1 aromatic carbocycles. The highest BCUT2D eigenvalue weighted by atomic mass is 79.9. The minimum absolute atomic E-state index is 0.160. The average Bonchev–Trinajstić information content (AvgIpc) is 2.35. The Balaban J connectivity index is 1.89. The van der Waals surface area contributed by atoms with E-state index >= 15 is 0 Å². The molecule has 0 bridgehead atoms. The molecule has 1 saturated heterocycles. The molecule has 18 heavy (non-hydrogen) atoms. The number of rotatable bonds is 4. The number of benzene rings is 1. The van der Waals surface area contributed by atoms with Crippen molar-refractivity contribution in [2.75, 3.05) is 33.3 Å². The molecule has 0 saturated carbocycles. The molecule has 2 rings (SSSR count). The third-order valence-corrected chi connectivity index (χ3v) is 3.46. The van der Waals surface area contributed by atoms with Crippen molar-refractivity contribution in [1.82, 2.24) is 10.2 Å². The summed E-state index contributed by atoms with van der Waals surface area (Å²) in [5.74, 6) is -0.160. The Morgan fingerprint density at radius 3 is 3.11 bits per heavy atom. The molecule has 0 amide bonds. The quantitative estimate of drug-likeness (QED) is 0.919. The minimum atomic E-state index is -0.160. The molecule has 1 unspecified atom stereocenters. The highest BCUT2D eigenvalue weighted by Gasteiger charge is 2.16. The maximum Gasteiger partial charge on any atom is 0.127 e. The zero-order chi connectivity index (χ0) is 13.0. The summed E-state index contributed by atoms with van der Waals surface area (Å²) >= 11 is 3.36. The zero-order valence-corrected chi connectivity index (χ0v) is 12.0. The van der Waals surface area contributed by atoms with Crippen LogP contribution in [0.15, 0.2) is 22.7 Å². The Hall–Kier alpha value is -0.490. The van der Waals surface area contributed by atoms with E-state index in [1.54, 1.807) is 6.07 Å². The summed E-state index contributed by atoms with van der Waals surface area (Å²) in [6.45, 7) is 3.93. The fourth-order valence-corrected chi connectivity index (χ4v) is 2.51. The molecule has 0 radical (unpaired) electrons. The van der Waals surface area contributed by atoms with Gasteiger partial charge in [0.05, 0.1) is 12.7 Å². The molecular formula is C13H18BrFN2O. The topological polar surface area (TPSA) is 24.5 Å². The van der Waals surface area contributed by atoms with Gasteiger partial charge in [-0.1, -0.05) is 15.9 Å². The van der Waals surface area contributed by atoms with Gasteiger partial charge in [-0.05, 0) is 25.2 Å². The first-order valence-electron chi connectivity index (χ1n) is 6.10. The van der Waals surface area contributed by atoms with Gasteiger partial charge in [0, 0.05) is 36.2 Å². The summed E-state index contributed by atoms with van der Waals surface area (Å²) in [4.78, 5) is 2.09. The van der Waals surface area contributed by atoms with E-state index in [2.05, 4.69) is 26.1 Å². The van der Waals surface area contributed by atoms with Gasteiger partial charge in [-0.3, -0.25) is 4.90 Å². The largest absolute Gasteiger partial charge is 0.374 e. The molecule has 1 atom stereocenters. The van der Waals surface area contributed by atoms with Crippen molar-refractivity contribution in [2.45, 2.75) is 12.6 Å². The van der Waals surface area contributed by atoms with Crippen molar-refractivity contribution in [3.8, 4) is 0 Å². The van der Waals surface area contributed by atoms with E-state index in [1.807, 2.05) is 13.1 Å². The van der Waals surface area contributed by atoms with Gasteiger partial charge in [0.25, 0.3) is 0 Å². The number of hydrogen-bond acceptors (Lipinski definition) is 3. The van der Waals surface area contributed by atoms with E-state index in [4.69, 9.17) is 4.74 Å². The second-order valence-electron chi connectivity index (χ2n) is 4.63. The zero-order valence-electron chi connectivity index (χ0n) is 10.5. The van der Waals surface area contributed by atoms with Crippen molar-refractivity contribution in [2.24, 2.45) is 0 Å². The van der Waals surface area contributed by atoms with Crippen LogP contribution in [0.1, 0.15) is 5.56 Å². The molecule has 3 nitrogen and oxygen atoms in total.